The number of hydrogen-bond acceptors (Lipinski definition) is 7. The van der Waals surface area contributed by atoms with E-state index in [1.165, 1.54) is 21.3 Å². The van der Waals surface area contributed by atoms with Crippen LogP contribution in [0.15, 0.2) is 0 Å². The van der Waals surface area contributed by atoms with Crippen molar-refractivity contribution < 1.29 is 107 Å². The van der Waals surface area contributed by atoms with Gasteiger partial charge in [-0.25, -0.2) is 4.79 Å². The smallest absolute Gasteiger partial charge is 0.447 e. The lowest BCUT2D eigenvalue weighted by Gasteiger charge is -2.42. The number of nitrogens with one attached hydrogen (secondary N) is 1. The molecule has 1 amide bonds. The SMILES string of the molecule is CO[Si](CCCNC(=O)OCCOCCOC(F)(F)C(F)(F)C(F)(F)C(F)(F)C(F)(F)C(F)(F)C(F)(F)C(F)(F)F)(OC)OC. The minimum absolute atomic E-state index is 0.000332. The maximum absolute atomic E-state index is 13.7. The highest BCUT2D eigenvalue weighted by Gasteiger charge is 2.95. The molecule has 45 heavy (non-hydrogen) atoms. The normalized spacial score (nSPS) is 14.9. The van der Waals surface area contributed by atoms with E-state index in [0.717, 1.165) is 0 Å². The second-order valence-electron chi connectivity index (χ2n) is 8.38. The predicted molar refractivity (Wildman–Crippen MR) is 113 cm³/mol. The van der Waals surface area contributed by atoms with Crippen LogP contribution in [0.3, 0.4) is 0 Å². The molecule has 0 radical (unpaired) electrons. The standard InChI is InChI=1S/C19H24F17NO7Si/c1-39-45(40-2,41-3)10-4-5-37-11(38)43-8-6-42-7-9-44-19(35,36)17(30,31)15(26,27)13(22,23)12(20,21)14(24,25)16(28,29)18(32,33)34/h4-10H2,1-3H3,(H,37,38). The quantitative estimate of drug-likeness (QED) is 0.0939. The second kappa shape index (κ2) is 14.9. The fraction of sp³-hybridized carbons (Fsp3) is 0.947. The number of amides is 1. The predicted octanol–water partition coefficient (Wildman–Crippen LogP) is 5.98. The van der Waals surface area contributed by atoms with Crippen molar-refractivity contribution >= 4 is 14.9 Å². The van der Waals surface area contributed by atoms with Gasteiger partial charge in [-0.2, -0.15) is 74.6 Å². The fourth-order valence-electron chi connectivity index (χ4n) is 2.87. The molecular weight excluding hydrogens is 705 g/mol. The molecule has 26 heteroatoms. The van der Waals surface area contributed by atoms with Crippen molar-refractivity contribution in [3.8, 4) is 0 Å². The van der Waals surface area contributed by atoms with E-state index in [2.05, 4.69) is 19.5 Å². The van der Waals surface area contributed by atoms with Crippen LogP contribution in [0.4, 0.5) is 79.4 Å². The first kappa shape index (κ1) is 43.1. The molecule has 0 aromatic rings. The highest BCUT2D eigenvalue weighted by molar-refractivity contribution is 6.60. The summed E-state index contributed by atoms with van der Waals surface area (Å²) in [6.45, 7) is -4.70. The van der Waals surface area contributed by atoms with Gasteiger partial charge >= 0.3 is 62.7 Å². The summed E-state index contributed by atoms with van der Waals surface area (Å²) >= 11 is 0. The van der Waals surface area contributed by atoms with Crippen molar-refractivity contribution in [2.24, 2.45) is 0 Å². The number of rotatable bonds is 20. The molecule has 0 fully saturated rings. The number of ether oxygens (including phenoxy) is 3. The van der Waals surface area contributed by atoms with E-state index in [1.807, 2.05) is 0 Å². The zero-order valence-corrected chi connectivity index (χ0v) is 23.7. The molecule has 0 rings (SSSR count). The Morgan fingerprint density at radius 1 is 0.578 bits per heavy atom. The Bertz CT molecular complexity index is 941. The van der Waals surface area contributed by atoms with Gasteiger partial charge in [-0.1, -0.05) is 0 Å². The van der Waals surface area contributed by atoms with Crippen LogP contribution < -0.4 is 5.32 Å². The molecule has 0 spiro atoms. The fourth-order valence-corrected chi connectivity index (χ4v) is 4.59. The number of halogens is 17. The molecule has 0 atom stereocenters. The topological polar surface area (TPSA) is 84.5 Å². The summed E-state index contributed by atoms with van der Waals surface area (Å²) in [5.41, 5.74) is 0. The summed E-state index contributed by atoms with van der Waals surface area (Å²) in [6, 6.07) is 0.260. The number of carbonyl (C=O) groups excluding carboxylic acids is 1. The molecule has 0 aliphatic carbocycles. The highest BCUT2D eigenvalue weighted by atomic mass is 28.4. The van der Waals surface area contributed by atoms with Gasteiger partial charge in [0.2, 0.25) is 0 Å². The van der Waals surface area contributed by atoms with Gasteiger partial charge in [0.15, 0.2) is 0 Å². The summed E-state index contributed by atoms with van der Waals surface area (Å²) in [7, 11) is 1.05. The van der Waals surface area contributed by atoms with Crippen LogP contribution in [0.1, 0.15) is 6.42 Å². The van der Waals surface area contributed by atoms with E-state index in [4.69, 9.17) is 13.3 Å². The first-order chi connectivity index (χ1) is 20.0. The molecule has 0 saturated carbocycles. The van der Waals surface area contributed by atoms with E-state index in [9.17, 15) is 79.4 Å². The highest BCUT2D eigenvalue weighted by Crippen LogP contribution is 2.64. The molecular formula is C19H24F17NO7Si. The van der Waals surface area contributed by atoms with Crippen molar-refractivity contribution in [2.75, 3.05) is 54.3 Å². The molecule has 8 nitrogen and oxygen atoms in total. The first-order valence-corrected chi connectivity index (χ1v) is 13.5. The Labute approximate surface area is 242 Å². The van der Waals surface area contributed by atoms with Gasteiger partial charge in [-0.3, -0.25) is 0 Å². The van der Waals surface area contributed by atoms with Crippen LogP contribution in [0.5, 0.6) is 0 Å². The van der Waals surface area contributed by atoms with E-state index < -0.39 is 89.1 Å². The molecule has 0 unspecified atom stereocenters. The largest absolute Gasteiger partial charge is 0.500 e. The third kappa shape index (κ3) is 8.53. The minimum atomic E-state index is -8.72. The van der Waals surface area contributed by atoms with Crippen LogP contribution in [-0.4, -0.2) is 117 Å². The minimum Gasteiger partial charge on any atom is -0.447 e. The molecule has 0 saturated heterocycles. The molecule has 0 aliphatic rings. The number of alkyl carbamates (subject to hydrolysis) is 1. The van der Waals surface area contributed by atoms with Crippen molar-refractivity contribution in [1.29, 1.82) is 0 Å². The summed E-state index contributed by atoms with van der Waals surface area (Å²) in [6.07, 6.45) is -15.6. The maximum atomic E-state index is 13.7. The van der Waals surface area contributed by atoms with Crippen LogP contribution in [-0.2, 0) is 27.5 Å². The van der Waals surface area contributed by atoms with Crippen molar-refractivity contribution in [3.05, 3.63) is 0 Å². The van der Waals surface area contributed by atoms with E-state index in [1.54, 1.807) is 0 Å². The monoisotopic (exact) mass is 729 g/mol. The number of carbonyl (C=O) groups is 1. The second-order valence-corrected chi connectivity index (χ2v) is 11.5. The Morgan fingerprint density at radius 2 is 0.978 bits per heavy atom. The van der Waals surface area contributed by atoms with Crippen molar-refractivity contribution in [1.82, 2.24) is 5.32 Å². The molecule has 0 aliphatic heterocycles. The van der Waals surface area contributed by atoms with Crippen molar-refractivity contribution in [3.63, 3.8) is 0 Å². The first-order valence-electron chi connectivity index (χ1n) is 11.5. The summed E-state index contributed by atoms with van der Waals surface area (Å²) in [4.78, 5) is 11.5. The summed E-state index contributed by atoms with van der Waals surface area (Å²) < 4.78 is 251. The Kier molecular flexibility index (Phi) is 14.3. The lowest BCUT2D eigenvalue weighted by atomic mass is 9.90. The summed E-state index contributed by atoms with van der Waals surface area (Å²) in [5.74, 6) is -50.6. The number of alkyl halides is 17. The average Bonchev–Trinajstić information content (AvgIpc) is 2.91. The zero-order valence-electron chi connectivity index (χ0n) is 22.7. The molecule has 0 aromatic carbocycles. The van der Waals surface area contributed by atoms with Crippen LogP contribution >= 0.6 is 0 Å². The maximum Gasteiger partial charge on any atom is 0.500 e. The lowest BCUT2D eigenvalue weighted by molar-refractivity contribution is -0.477. The molecule has 0 bridgehead atoms. The third-order valence-electron chi connectivity index (χ3n) is 5.53. The summed E-state index contributed by atoms with van der Waals surface area (Å²) in [5, 5.41) is 2.23. The Balaban J connectivity index is 5.14. The van der Waals surface area contributed by atoms with Gasteiger partial charge in [0.05, 0.1) is 19.8 Å². The Morgan fingerprint density at radius 3 is 1.40 bits per heavy atom. The molecule has 1 N–H and O–H groups in total. The number of hydrogen-bond donors (Lipinski definition) is 1. The van der Waals surface area contributed by atoms with Gasteiger partial charge in [0.25, 0.3) is 0 Å². The average molecular weight is 729 g/mol. The van der Waals surface area contributed by atoms with E-state index in [-0.39, 0.29) is 19.0 Å². The van der Waals surface area contributed by atoms with Gasteiger partial charge in [0, 0.05) is 33.9 Å². The van der Waals surface area contributed by atoms with Crippen molar-refractivity contribution in [2.45, 2.75) is 60.3 Å². The third-order valence-corrected chi connectivity index (χ3v) is 8.36. The van der Waals surface area contributed by atoms with Gasteiger partial charge < -0.3 is 32.8 Å². The Hall–Kier alpha value is -1.90. The van der Waals surface area contributed by atoms with E-state index >= 15 is 0 Å². The van der Waals surface area contributed by atoms with Gasteiger partial charge in [-0.15, -0.1) is 0 Å². The van der Waals surface area contributed by atoms with Crippen LogP contribution in [0.25, 0.3) is 0 Å². The molecule has 0 heterocycles. The molecule has 0 aromatic heterocycles. The van der Waals surface area contributed by atoms with Gasteiger partial charge in [0.1, 0.15) is 6.61 Å². The van der Waals surface area contributed by atoms with Crippen LogP contribution in [0.2, 0.25) is 6.04 Å². The van der Waals surface area contributed by atoms with E-state index in [0.29, 0.717) is 0 Å². The van der Waals surface area contributed by atoms with Crippen LogP contribution in [0, 0.1) is 0 Å². The molecule has 270 valence electrons. The zero-order chi connectivity index (χ0) is 36.0. The van der Waals surface area contributed by atoms with Gasteiger partial charge in [-0.05, 0) is 6.42 Å². The lowest BCUT2D eigenvalue weighted by Crippen LogP contribution is -2.74.